The third-order valence-corrected chi connectivity index (χ3v) is 3.47. The van der Waals surface area contributed by atoms with Crippen molar-refractivity contribution in [1.29, 1.82) is 0 Å². The second kappa shape index (κ2) is 7.80. The SMILES string of the molecule is CCCCCCNCCn1ncc(=O)c2ccccc21. The minimum absolute atomic E-state index is 0.00984. The Hall–Kier alpha value is -1.68. The summed E-state index contributed by atoms with van der Waals surface area (Å²) in [6.45, 7) is 4.94. The maximum absolute atomic E-state index is 11.7. The molecule has 1 N–H and O–H groups in total. The van der Waals surface area contributed by atoms with Crippen LogP contribution in [0.25, 0.3) is 10.9 Å². The normalized spacial score (nSPS) is 11.1. The molecular formula is C16H23N3O. The summed E-state index contributed by atoms with van der Waals surface area (Å²) in [7, 11) is 0. The highest BCUT2D eigenvalue weighted by molar-refractivity contribution is 5.77. The standard InChI is InChI=1S/C16H23N3O/c1-2-3-4-7-10-17-11-12-19-15-9-6-5-8-14(15)16(20)13-18-19/h5-6,8-9,13,17H,2-4,7,10-12H2,1H3. The minimum atomic E-state index is -0.00984. The van der Waals surface area contributed by atoms with Crippen LogP contribution < -0.4 is 10.7 Å². The maximum Gasteiger partial charge on any atom is 0.207 e. The van der Waals surface area contributed by atoms with E-state index in [1.165, 1.54) is 31.9 Å². The van der Waals surface area contributed by atoms with Crippen LogP contribution in [0.2, 0.25) is 0 Å². The summed E-state index contributed by atoms with van der Waals surface area (Å²) in [5.74, 6) is 0. The highest BCUT2D eigenvalue weighted by Gasteiger charge is 2.02. The number of nitrogens with zero attached hydrogens (tertiary/aromatic N) is 2. The number of fused-ring (bicyclic) bond motifs is 1. The summed E-state index contributed by atoms with van der Waals surface area (Å²) in [4.78, 5) is 11.7. The van der Waals surface area contributed by atoms with E-state index in [1.807, 2.05) is 28.9 Å². The first kappa shape index (κ1) is 14.7. The van der Waals surface area contributed by atoms with Crippen LogP contribution in [0.15, 0.2) is 35.3 Å². The molecule has 0 atom stereocenters. The number of benzene rings is 1. The van der Waals surface area contributed by atoms with Crippen LogP contribution in [0.3, 0.4) is 0 Å². The zero-order valence-corrected chi connectivity index (χ0v) is 12.1. The zero-order valence-electron chi connectivity index (χ0n) is 12.1. The lowest BCUT2D eigenvalue weighted by atomic mass is 10.2. The van der Waals surface area contributed by atoms with Gasteiger partial charge in [0.05, 0.1) is 18.3 Å². The van der Waals surface area contributed by atoms with Gasteiger partial charge >= 0.3 is 0 Å². The average Bonchev–Trinajstić information content (AvgIpc) is 2.49. The second-order valence-corrected chi connectivity index (χ2v) is 5.06. The quantitative estimate of drug-likeness (QED) is 0.752. The van der Waals surface area contributed by atoms with E-state index in [4.69, 9.17) is 0 Å². The maximum atomic E-state index is 11.7. The summed E-state index contributed by atoms with van der Waals surface area (Å²) in [5, 5.41) is 8.39. The molecule has 0 saturated heterocycles. The lowest BCUT2D eigenvalue weighted by Crippen LogP contribution is -2.23. The Bertz CT molecular complexity index is 592. The topological polar surface area (TPSA) is 46.9 Å². The molecule has 1 aromatic heterocycles. The Labute approximate surface area is 119 Å². The highest BCUT2D eigenvalue weighted by Crippen LogP contribution is 2.07. The van der Waals surface area contributed by atoms with Crippen molar-refractivity contribution in [3.05, 3.63) is 40.7 Å². The average molecular weight is 273 g/mol. The van der Waals surface area contributed by atoms with Crippen molar-refractivity contribution in [2.45, 2.75) is 39.2 Å². The Morgan fingerprint density at radius 2 is 2.00 bits per heavy atom. The Morgan fingerprint density at radius 3 is 2.85 bits per heavy atom. The van der Waals surface area contributed by atoms with Crippen LogP contribution in [-0.4, -0.2) is 22.9 Å². The smallest absolute Gasteiger partial charge is 0.207 e. The molecule has 0 amide bonds. The van der Waals surface area contributed by atoms with Crippen molar-refractivity contribution in [2.75, 3.05) is 13.1 Å². The Kier molecular flexibility index (Phi) is 5.74. The second-order valence-electron chi connectivity index (χ2n) is 5.06. The molecule has 0 saturated carbocycles. The first-order chi connectivity index (χ1) is 9.83. The zero-order chi connectivity index (χ0) is 14.2. The molecule has 0 aliphatic carbocycles. The van der Waals surface area contributed by atoms with Gasteiger partial charge in [0.2, 0.25) is 5.43 Å². The van der Waals surface area contributed by atoms with Crippen molar-refractivity contribution in [3.63, 3.8) is 0 Å². The lowest BCUT2D eigenvalue weighted by molar-refractivity contribution is 0.539. The van der Waals surface area contributed by atoms with Crippen molar-refractivity contribution < 1.29 is 0 Å². The van der Waals surface area contributed by atoms with Crippen LogP contribution in [-0.2, 0) is 6.54 Å². The first-order valence-electron chi connectivity index (χ1n) is 7.48. The molecule has 4 heteroatoms. The van der Waals surface area contributed by atoms with Crippen LogP contribution in [0.1, 0.15) is 32.6 Å². The van der Waals surface area contributed by atoms with Crippen molar-refractivity contribution >= 4 is 10.9 Å². The van der Waals surface area contributed by atoms with Crippen LogP contribution in [0, 0.1) is 0 Å². The van der Waals surface area contributed by atoms with Gasteiger partial charge in [-0.3, -0.25) is 9.48 Å². The van der Waals surface area contributed by atoms with Crippen LogP contribution in [0.4, 0.5) is 0 Å². The number of nitrogens with one attached hydrogen (secondary N) is 1. The molecule has 0 spiro atoms. The van der Waals surface area contributed by atoms with Gasteiger partial charge in [-0.15, -0.1) is 0 Å². The molecule has 4 nitrogen and oxygen atoms in total. The lowest BCUT2D eigenvalue weighted by Gasteiger charge is -2.09. The van der Waals surface area contributed by atoms with Crippen molar-refractivity contribution in [3.8, 4) is 0 Å². The third kappa shape index (κ3) is 3.90. The molecule has 0 bridgehead atoms. The molecule has 2 rings (SSSR count). The van der Waals surface area contributed by atoms with E-state index in [1.54, 1.807) is 0 Å². The molecule has 0 radical (unpaired) electrons. The number of aromatic nitrogens is 2. The van der Waals surface area contributed by atoms with Gasteiger partial charge in [0, 0.05) is 11.9 Å². The van der Waals surface area contributed by atoms with Gasteiger partial charge in [-0.05, 0) is 25.1 Å². The fourth-order valence-corrected chi connectivity index (χ4v) is 2.33. The largest absolute Gasteiger partial charge is 0.315 e. The van der Waals surface area contributed by atoms with E-state index < -0.39 is 0 Å². The molecule has 0 fully saturated rings. The fourth-order valence-electron chi connectivity index (χ4n) is 2.33. The minimum Gasteiger partial charge on any atom is -0.315 e. The number of hydrogen-bond acceptors (Lipinski definition) is 3. The molecule has 1 heterocycles. The number of unbranched alkanes of at least 4 members (excludes halogenated alkanes) is 3. The van der Waals surface area contributed by atoms with E-state index in [2.05, 4.69) is 17.3 Å². The monoisotopic (exact) mass is 273 g/mol. The fraction of sp³-hybridized carbons (Fsp3) is 0.500. The molecule has 20 heavy (non-hydrogen) atoms. The predicted molar refractivity (Wildman–Crippen MR) is 83.0 cm³/mol. The molecule has 0 unspecified atom stereocenters. The van der Waals surface area contributed by atoms with Crippen LogP contribution in [0.5, 0.6) is 0 Å². The molecule has 0 aliphatic heterocycles. The van der Waals surface area contributed by atoms with E-state index in [-0.39, 0.29) is 5.43 Å². The number of para-hydroxylation sites is 1. The third-order valence-electron chi connectivity index (χ3n) is 3.47. The predicted octanol–water partition coefficient (Wildman–Crippen LogP) is 2.57. The van der Waals surface area contributed by atoms with E-state index >= 15 is 0 Å². The molecule has 2 aromatic rings. The van der Waals surface area contributed by atoms with E-state index in [0.29, 0.717) is 0 Å². The van der Waals surface area contributed by atoms with E-state index in [0.717, 1.165) is 30.5 Å². The van der Waals surface area contributed by atoms with Gasteiger partial charge < -0.3 is 5.32 Å². The summed E-state index contributed by atoms with van der Waals surface area (Å²) in [5.41, 5.74) is 0.900. The van der Waals surface area contributed by atoms with Gasteiger partial charge in [0.1, 0.15) is 0 Å². The Balaban J connectivity index is 1.88. The molecule has 108 valence electrons. The molecule has 0 aliphatic rings. The summed E-state index contributed by atoms with van der Waals surface area (Å²) >= 11 is 0. The number of rotatable bonds is 8. The van der Waals surface area contributed by atoms with Crippen molar-refractivity contribution in [2.24, 2.45) is 0 Å². The summed E-state index contributed by atoms with van der Waals surface area (Å²) in [6.07, 6.45) is 6.51. The van der Waals surface area contributed by atoms with Gasteiger partial charge in [-0.2, -0.15) is 5.10 Å². The summed E-state index contributed by atoms with van der Waals surface area (Å²) in [6, 6.07) is 7.64. The summed E-state index contributed by atoms with van der Waals surface area (Å²) < 4.78 is 1.90. The molecule has 1 aromatic carbocycles. The number of hydrogen-bond donors (Lipinski definition) is 1. The first-order valence-corrected chi connectivity index (χ1v) is 7.48. The Morgan fingerprint density at radius 1 is 1.15 bits per heavy atom. The van der Waals surface area contributed by atoms with Crippen molar-refractivity contribution in [1.82, 2.24) is 15.1 Å². The van der Waals surface area contributed by atoms with Gasteiger partial charge in [-0.25, -0.2) is 0 Å². The van der Waals surface area contributed by atoms with Gasteiger partial charge in [0.15, 0.2) is 0 Å². The van der Waals surface area contributed by atoms with Gasteiger partial charge in [-0.1, -0.05) is 38.3 Å². The van der Waals surface area contributed by atoms with Crippen LogP contribution >= 0.6 is 0 Å². The highest BCUT2D eigenvalue weighted by atomic mass is 16.1. The van der Waals surface area contributed by atoms with Gasteiger partial charge in [0.25, 0.3) is 0 Å². The molecular weight excluding hydrogens is 250 g/mol. The van der Waals surface area contributed by atoms with E-state index in [9.17, 15) is 4.79 Å².